The van der Waals surface area contributed by atoms with Crippen molar-refractivity contribution >= 4 is 21.4 Å². The first-order valence-electron chi connectivity index (χ1n) is 4.48. The van der Waals surface area contributed by atoms with Crippen LogP contribution < -0.4 is 0 Å². The van der Waals surface area contributed by atoms with Crippen molar-refractivity contribution in [3.8, 4) is 0 Å². The standard InChI is InChI=1S/C8H10F3NO3S2/c9-8(10,11)6-12(3-4-13)17(14,15)7-2-1-5-16-7/h1-2,5,13H,3-4,6H2. The summed E-state index contributed by atoms with van der Waals surface area (Å²) in [5.74, 6) is 0. The molecule has 1 heterocycles. The normalized spacial score (nSPS) is 13.2. The third-order valence-electron chi connectivity index (χ3n) is 1.79. The molecule has 0 saturated heterocycles. The Balaban J connectivity index is 2.99. The highest BCUT2D eigenvalue weighted by Crippen LogP contribution is 2.24. The van der Waals surface area contributed by atoms with E-state index in [0.29, 0.717) is 0 Å². The van der Waals surface area contributed by atoms with Crippen molar-refractivity contribution in [1.29, 1.82) is 0 Å². The minimum atomic E-state index is -4.64. The number of nitrogens with zero attached hydrogens (tertiary/aromatic N) is 1. The Labute approximate surface area is 100 Å². The number of aliphatic hydroxyl groups excluding tert-OH is 1. The summed E-state index contributed by atoms with van der Waals surface area (Å²) in [6, 6.07) is 2.66. The van der Waals surface area contributed by atoms with E-state index >= 15 is 0 Å². The SMILES string of the molecule is O=S(=O)(c1cccs1)N(CCO)CC(F)(F)F. The number of alkyl halides is 3. The van der Waals surface area contributed by atoms with Crippen LogP contribution in [-0.4, -0.2) is 43.7 Å². The predicted octanol–water partition coefficient (Wildman–Crippen LogP) is 1.29. The largest absolute Gasteiger partial charge is 0.402 e. The Bertz CT molecular complexity index is 441. The van der Waals surface area contributed by atoms with E-state index in [9.17, 15) is 21.6 Å². The van der Waals surface area contributed by atoms with Crippen molar-refractivity contribution in [3.63, 3.8) is 0 Å². The van der Waals surface area contributed by atoms with Gasteiger partial charge in [-0.3, -0.25) is 0 Å². The summed E-state index contributed by atoms with van der Waals surface area (Å²) in [5, 5.41) is 10.1. The highest BCUT2D eigenvalue weighted by molar-refractivity contribution is 7.91. The quantitative estimate of drug-likeness (QED) is 0.888. The molecule has 0 fully saturated rings. The summed E-state index contributed by atoms with van der Waals surface area (Å²) in [4.78, 5) is 0. The average Bonchev–Trinajstić information content (AvgIpc) is 2.68. The molecule has 0 spiro atoms. The molecule has 0 saturated carbocycles. The second-order valence-corrected chi connectivity index (χ2v) is 6.22. The number of halogens is 3. The molecule has 98 valence electrons. The van der Waals surface area contributed by atoms with E-state index in [0.717, 1.165) is 11.3 Å². The molecule has 0 amide bonds. The van der Waals surface area contributed by atoms with Crippen molar-refractivity contribution in [1.82, 2.24) is 4.31 Å². The lowest BCUT2D eigenvalue weighted by molar-refractivity contribution is -0.136. The molecular formula is C8H10F3NO3S2. The highest BCUT2D eigenvalue weighted by Gasteiger charge is 2.37. The number of hydrogen-bond acceptors (Lipinski definition) is 4. The minimum Gasteiger partial charge on any atom is -0.395 e. The van der Waals surface area contributed by atoms with Crippen LogP contribution in [0.3, 0.4) is 0 Å². The van der Waals surface area contributed by atoms with E-state index in [4.69, 9.17) is 5.11 Å². The molecule has 1 N–H and O–H groups in total. The van der Waals surface area contributed by atoms with Crippen LogP contribution in [0.15, 0.2) is 21.7 Å². The molecule has 0 aromatic carbocycles. The molecule has 0 aliphatic carbocycles. The molecule has 0 aliphatic rings. The Kier molecular flexibility index (Phi) is 4.53. The molecular weight excluding hydrogens is 279 g/mol. The van der Waals surface area contributed by atoms with Gasteiger partial charge < -0.3 is 5.11 Å². The van der Waals surface area contributed by atoms with E-state index < -0.39 is 35.9 Å². The van der Waals surface area contributed by atoms with Gasteiger partial charge in [0.1, 0.15) is 10.8 Å². The maximum Gasteiger partial charge on any atom is 0.402 e. The fourth-order valence-electron chi connectivity index (χ4n) is 1.13. The summed E-state index contributed by atoms with van der Waals surface area (Å²) in [7, 11) is -4.18. The zero-order valence-corrected chi connectivity index (χ0v) is 10.1. The topological polar surface area (TPSA) is 57.6 Å². The molecule has 1 aromatic heterocycles. The highest BCUT2D eigenvalue weighted by atomic mass is 32.2. The molecule has 1 aromatic rings. The summed E-state index contributed by atoms with van der Waals surface area (Å²) >= 11 is 0.831. The van der Waals surface area contributed by atoms with Gasteiger partial charge in [0.25, 0.3) is 10.0 Å². The van der Waals surface area contributed by atoms with Crippen molar-refractivity contribution in [2.75, 3.05) is 19.7 Å². The van der Waals surface area contributed by atoms with E-state index in [1.54, 1.807) is 0 Å². The van der Waals surface area contributed by atoms with Gasteiger partial charge in [-0.1, -0.05) is 6.07 Å². The first kappa shape index (κ1) is 14.4. The maximum absolute atomic E-state index is 12.2. The van der Waals surface area contributed by atoms with Crippen LogP contribution in [-0.2, 0) is 10.0 Å². The molecule has 0 radical (unpaired) electrons. The lowest BCUT2D eigenvalue weighted by Crippen LogP contribution is -2.40. The molecule has 0 bridgehead atoms. The van der Waals surface area contributed by atoms with Crippen molar-refractivity contribution < 1.29 is 26.7 Å². The smallest absolute Gasteiger partial charge is 0.395 e. The van der Waals surface area contributed by atoms with Crippen LogP contribution in [0.1, 0.15) is 0 Å². The van der Waals surface area contributed by atoms with Gasteiger partial charge in [0, 0.05) is 6.54 Å². The summed E-state index contributed by atoms with van der Waals surface area (Å²) in [6.07, 6.45) is -4.64. The number of hydrogen-bond donors (Lipinski definition) is 1. The first-order chi connectivity index (χ1) is 7.77. The van der Waals surface area contributed by atoms with Gasteiger partial charge in [0.05, 0.1) is 6.61 Å². The molecule has 0 unspecified atom stereocenters. The zero-order valence-electron chi connectivity index (χ0n) is 8.51. The van der Waals surface area contributed by atoms with Gasteiger partial charge in [-0.15, -0.1) is 11.3 Å². The number of sulfonamides is 1. The van der Waals surface area contributed by atoms with Crippen LogP contribution in [0.25, 0.3) is 0 Å². The molecule has 17 heavy (non-hydrogen) atoms. The zero-order chi connectivity index (χ0) is 13.1. The van der Waals surface area contributed by atoms with E-state index in [-0.39, 0.29) is 8.51 Å². The van der Waals surface area contributed by atoms with Crippen LogP contribution in [0.5, 0.6) is 0 Å². The minimum absolute atomic E-state index is 0.171. The number of aliphatic hydroxyl groups is 1. The third-order valence-corrected chi connectivity index (χ3v) is 5.01. The predicted molar refractivity (Wildman–Crippen MR) is 56.2 cm³/mol. The van der Waals surface area contributed by atoms with Gasteiger partial charge >= 0.3 is 6.18 Å². The monoisotopic (exact) mass is 289 g/mol. The first-order valence-corrected chi connectivity index (χ1v) is 6.80. The molecule has 1 rings (SSSR count). The van der Waals surface area contributed by atoms with Crippen LogP contribution in [0.4, 0.5) is 13.2 Å². The van der Waals surface area contributed by atoms with Gasteiger partial charge in [-0.05, 0) is 11.4 Å². The van der Waals surface area contributed by atoms with Crippen molar-refractivity contribution in [2.45, 2.75) is 10.4 Å². The Morgan fingerprint density at radius 2 is 2.06 bits per heavy atom. The fourth-order valence-corrected chi connectivity index (χ4v) is 3.69. The number of rotatable bonds is 5. The van der Waals surface area contributed by atoms with Crippen molar-refractivity contribution in [3.05, 3.63) is 17.5 Å². The van der Waals surface area contributed by atoms with E-state index in [1.807, 2.05) is 0 Å². The van der Waals surface area contributed by atoms with Crippen molar-refractivity contribution in [2.24, 2.45) is 0 Å². The molecule has 9 heteroatoms. The fraction of sp³-hybridized carbons (Fsp3) is 0.500. The number of thiophene rings is 1. The second-order valence-electron chi connectivity index (χ2n) is 3.11. The Morgan fingerprint density at radius 1 is 1.41 bits per heavy atom. The Morgan fingerprint density at radius 3 is 2.47 bits per heavy atom. The third kappa shape index (κ3) is 3.95. The molecule has 0 atom stereocenters. The second kappa shape index (κ2) is 5.34. The van der Waals surface area contributed by atoms with Gasteiger partial charge in [0.15, 0.2) is 0 Å². The average molecular weight is 289 g/mol. The van der Waals surface area contributed by atoms with Crippen LogP contribution >= 0.6 is 11.3 Å². The lowest BCUT2D eigenvalue weighted by Gasteiger charge is -2.21. The van der Waals surface area contributed by atoms with Gasteiger partial charge in [0.2, 0.25) is 0 Å². The summed E-state index contributed by atoms with van der Waals surface area (Å²) in [5.41, 5.74) is 0. The van der Waals surface area contributed by atoms with E-state index in [2.05, 4.69) is 0 Å². The molecule has 0 aliphatic heterocycles. The van der Waals surface area contributed by atoms with Crippen LogP contribution in [0, 0.1) is 0 Å². The molecule has 4 nitrogen and oxygen atoms in total. The maximum atomic E-state index is 12.2. The van der Waals surface area contributed by atoms with Gasteiger partial charge in [-0.2, -0.15) is 17.5 Å². The summed E-state index contributed by atoms with van der Waals surface area (Å²) in [6.45, 7) is -2.85. The Hall–Kier alpha value is -0.640. The van der Waals surface area contributed by atoms with E-state index in [1.165, 1.54) is 17.5 Å². The summed E-state index contributed by atoms with van der Waals surface area (Å²) < 4.78 is 60.3. The van der Waals surface area contributed by atoms with Gasteiger partial charge in [-0.25, -0.2) is 8.42 Å². The lowest BCUT2D eigenvalue weighted by atomic mass is 10.6. The van der Waals surface area contributed by atoms with Crippen LogP contribution in [0.2, 0.25) is 0 Å².